The summed E-state index contributed by atoms with van der Waals surface area (Å²) in [6.07, 6.45) is -2.11. The van der Waals surface area contributed by atoms with E-state index in [-0.39, 0.29) is 68.4 Å². The van der Waals surface area contributed by atoms with Gasteiger partial charge in [0.25, 0.3) is 17.7 Å². The predicted molar refractivity (Wildman–Crippen MR) is 288 cm³/mol. The quantitative estimate of drug-likeness (QED) is 0.0261. The molecule has 25 heteroatoms. The van der Waals surface area contributed by atoms with Crippen molar-refractivity contribution in [2.45, 2.75) is 111 Å². The number of imide groups is 1. The molecule has 1 saturated heterocycles. The van der Waals surface area contributed by atoms with Gasteiger partial charge in [0.1, 0.15) is 48.2 Å². The van der Waals surface area contributed by atoms with Crippen molar-refractivity contribution in [3.63, 3.8) is 0 Å². The maximum atomic E-state index is 16.2. The van der Waals surface area contributed by atoms with Crippen LogP contribution in [0.4, 0.5) is 32.8 Å². The average molecular weight is 1150 g/mol. The highest BCUT2D eigenvalue weighted by molar-refractivity contribution is 6.15. The molecule has 7 atom stereocenters. The molecule has 0 unspecified atom stereocenters. The molecule has 0 spiro atoms. The van der Waals surface area contributed by atoms with Crippen molar-refractivity contribution in [1.29, 1.82) is 0 Å². The van der Waals surface area contributed by atoms with Crippen LogP contribution in [0.5, 0.6) is 0 Å². The van der Waals surface area contributed by atoms with Crippen LogP contribution in [0, 0.1) is 40.6 Å². The van der Waals surface area contributed by atoms with Crippen LogP contribution < -0.4 is 21.7 Å². The van der Waals surface area contributed by atoms with Gasteiger partial charge < -0.3 is 51.0 Å². The largest absolute Gasteiger partial charge is 0.481 e. The number of Topliss-reactive ketones (excluding diaryl/α,β-unsaturated/α-hetero) is 1. The Morgan fingerprint density at radius 2 is 1.55 bits per heavy atom. The number of aromatic nitrogens is 2. The highest BCUT2D eigenvalue weighted by Gasteiger charge is 2.45. The van der Waals surface area contributed by atoms with Crippen molar-refractivity contribution in [3.8, 4) is 11.3 Å². The smallest absolute Gasteiger partial charge is 0.410 e. The summed E-state index contributed by atoms with van der Waals surface area (Å²) >= 11 is 0. The first-order valence-electron chi connectivity index (χ1n) is 26.5. The van der Waals surface area contributed by atoms with Gasteiger partial charge in [-0.3, -0.25) is 38.5 Å². The van der Waals surface area contributed by atoms with Crippen LogP contribution in [0.25, 0.3) is 11.3 Å². The number of benzene rings is 3. The number of carbonyl (C=O) groups is 9. The van der Waals surface area contributed by atoms with E-state index in [0.717, 1.165) is 35.3 Å². The molecule has 0 radical (unpaired) electrons. The number of imidazole rings is 1. The first-order valence-corrected chi connectivity index (χ1v) is 26.5. The van der Waals surface area contributed by atoms with E-state index >= 15 is 8.78 Å². The molecule has 0 saturated carbocycles. The second kappa shape index (κ2) is 27.3. The zero-order valence-corrected chi connectivity index (χ0v) is 46.1. The Morgan fingerprint density at radius 1 is 0.878 bits per heavy atom. The number of nitrogens with zero attached hydrogens (tertiary/aromatic N) is 5. The summed E-state index contributed by atoms with van der Waals surface area (Å²) in [6, 6.07) is 9.63. The molecule has 440 valence electrons. The maximum Gasteiger partial charge on any atom is 0.410 e. The van der Waals surface area contributed by atoms with Crippen LogP contribution in [0.3, 0.4) is 0 Å². The van der Waals surface area contributed by atoms with Crippen LogP contribution in [-0.4, -0.2) is 138 Å². The van der Waals surface area contributed by atoms with Gasteiger partial charge in [-0.2, -0.15) is 0 Å². The lowest BCUT2D eigenvalue weighted by atomic mass is 9.84. The van der Waals surface area contributed by atoms with E-state index < -0.39 is 144 Å². The molecule has 1 fully saturated rings. The number of ketones is 1. The Balaban J connectivity index is 1.13. The molecule has 0 bridgehead atoms. The average Bonchev–Trinajstić information content (AvgIpc) is 3.68. The van der Waals surface area contributed by atoms with E-state index in [1.54, 1.807) is 45.3 Å². The van der Waals surface area contributed by atoms with E-state index in [4.69, 9.17) is 15.5 Å². The lowest BCUT2D eigenvalue weighted by Gasteiger charge is -2.41. The molecular formula is C57H67F4N9O12. The van der Waals surface area contributed by atoms with Gasteiger partial charge >= 0.3 is 18.1 Å². The number of aliphatic hydroxyl groups excluding tert-OH is 1. The van der Waals surface area contributed by atoms with Crippen molar-refractivity contribution in [3.05, 3.63) is 119 Å². The van der Waals surface area contributed by atoms with Crippen molar-refractivity contribution in [2.75, 3.05) is 31.5 Å². The number of aliphatic hydroxyl groups is 1. The summed E-state index contributed by atoms with van der Waals surface area (Å²) in [5, 5.41) is 27.9. The molecule has 3 aromatic carbocycles. The number of anilines is 1. The first kappa shape index (κ1) is 62.7. The van der Waals surface area contributed by atoms with Crippen molar-refractivity contribution in [1.82, 2.24) is 34.9 Å². The number of ether oxygens (including phenoxy) is 1. The van der Waals surface area contributed by atoms with Gasteiger partial charge in [-0.1, -0.05) is 58.9 Å². The van der Waals surface area contributed by atoms with Gasteiger partial charge in [0, 0.05) is 74.0 Å². The zero-order chi connectivity index (χ0) is 60.3. The molecule has 8 amide bonds. The second-order valence-corrected chi connectivity index (χ2v) is 21.7. The van der Waals surface area contributed by atoms with Crippen molar-refractivity contribution in [2.24, 2.45) is 28.9 Å². The minimum atomic E-state index is -1.78. The van der Waals surface area contributed by atoms with Gasteiger partial charge in [0.2, 0.25) is 11.8 Å². The van der Waals surface area contributed by atoms with Crippen LogP contribution in [0.15, 0.2) is 85.1 Å². The fourth-order valence-electron chi connectivity index (χ4n) is 9.87. The van der Waals surface area contributed by atoms with Gasteiger partial charge in [0.15, 0.2) is 5.78 Å². The monoisotopic (exact) mass is 1150 g/mol. The minimum absolute atomic E-state index is 0.00697. The van der Waals surface area contributed by atoms with Gasteiger partial charge in [-0.05, 0) is 84.7 Å². The van der Waals surface area contributed by atoms with E-state index in [2.05, 4.69) is 16.0 Å². The summed E-state index contributed by atoms with van der Waals surface area (Å²) in [6.45, 7) is 8.47. The highest BCUT2D eigenvalue weighted by atomic mass is 19.1. The first-order chi connectivity index (χ1) is 38.6. The number of primary amides is 1. The third-order valence-electron chi connectivity index (χ3n) is 13.9. The number of hydrogen-bond acceptors (Lipinski definition) is 12. The lowest BCUT2D eigenvalue weighted by Crippen LogP contribution is -2.55. The summed E-state index contributed by atoms with van der Waals surface area (Å²) in [5.74, 6) is -11.1. The van der Waals surface area contributed by atoms with E-state index in [9.17, 15) is 62.1 Å². The molecule has 82 heavy (non-hydrogen) atoms. The number of nitrogens with two attached hydrogens (primary N) is 1. The van der Waals surface area contributed by atoms with Gasteiger partial charge in [0.05, 0.1) is 30.7 Å². The summed E-state index contributed by atoms with van der Waals surface area (Å²) in [7, 11) is 0. The number of amides is 8. The van der Waals surface area contributed by atoms with E-state index in [1.165, 1.54) is 60.5 Å². The number of carbonyl (C=O) groups excluding carboxylic acids is 8. The number of urea groups is 1. The lowest BCUT2D eigenvalue weighted by molar-refractivity contribution is -0.150. The summed E-state index contributed by atoms with van der Waals surface area (Å²) in [4.78, 5) is 124. The Labute approximate surface area is 470 Å². The van der Waals surface area contributed by atoms with Crippen LogP contribution in [0.2, 0.25) is 0 Å². The summed E-state index contributed by atoms with van der Waals surface area (Å²) in [5.41, 5.74) is 5.24. The molecule has 1 aromatic heterocycles. The number of hydrogen-bond donors (Lipinski definition) is 6. The second-order valence-electron chi connectivity index (χ2n) is 21.7. The molecule has 3 heterocycles. The number of likely N-dealkylation sites (tertiary alicyclic amines) is 1. The molecule has 4 aromatic rings. The van der Waals surface area contributed by atoms with E-state index in [0.29, 0.717) is 16.0 Å². The van der Waals surface area contributed by atoms with E-state index in [1.807, 2.05) is 0 Å². The van der Waals surface area contributed by atoms with Crippen molar-refractivity contribution >= 4 is 59.1 Å². The van der Waals surface area contributed by atoms with Crippen molar-refractivity contribution < 1.29 is 75.7 Å². The number of carboxylic acids is 1. The Kier molecular flexibility index (Phi) is 20.9. The van der Waals surface area contributed by atoms with Gasteiger partial charge in [-0.25, -0.2) is 32.1 Å². The maximum absolute atomic E-state index is 16.2. The number of carboxylic acid groups (broad SMARTS) is 1. The molecule has 2 aliphatic heterocycles. The fourth-order valence-corrected chi connectivity index (χ4v) is 9.87. The molecule has 2 aliphatic rings. The standard InChI is InChI=1S/C57H67F4N9O12/c1-31(2)49(66-53(78)44(24-48(75)76)70-46(73)18-19-47(70)74)45(72)22-35(10-8-20-63-55(62)80)52(77)64-39-15-12-33(13-16-39)30-82-56(81)68-26-36(42(61)28-68)27-69(54(79)32(3)71)50(57(4,5)6)51-65-43(40-23-38(59)14-17-41(40)60)29-67(51)25-34-9-7-11-37(58)21-34/h7,9,11-19,21,23,29,31-32,35-36,42,44,49-50,71H,8,10,20,22,24-28,30H2,1-6H3,(H,64,77)(H,66,78)(H,75,76)(H3,62,63,80)/t32-,35+,36-,42-,44-,49-,50-/m0/s1. The fraction of sp³-hybridized carbons (Fsp3) is 0.439. The third-order valence-corrected chi connectivity index (χ3v) is 13.9. The Hall–Kier alpha value is -8.48. The van der Waals surface area contributed by atoms with Crippen LogP contribution >= 0.6 is 0 Å². The zero-order valence-electron chi connectivity index (χ0n) is 46.1. The number of aliphatic carboxylic acids is 1. The van der Waals surface area contributed by atoms with Gasteiger partial charge in [-0.15, -0.1) is 0 Å². The number of nitrogens with one attached hydrogen (secondary N) is 3. The molecular weight excluding hydrogens is 1080 g/mol. The molecule has 7 N–H and O–H groups in total. The Bertz CT molecular complexity index is 3060. The molecule has 0 aliphatic carbocycles. The van der Waals surface area contributed by atoms with Crippen LogP contribution in [-0.2, 0) is 51.5 Å². The molecule has 6 rings (SSSR count). The number of halogens is 4. The number of alkyl halides is 1. The minimum Gasteiger partial charge on any atom is -0.481 e. The normalized spacial score (nSPS) is 17.0. The third kappa shape index (κ3) is 16.3. The topological polar surface area (TPSA) is 293 Å². The molecule has 21 nitrogen and oxygen atoms in total. The highest BCUT2D eigenvalue weighted by Crippen LogP contribution is 2.41. The Morgan fingerprint density at radius 3 is 2.16 bits per heavy atom. The predicted octanol–water partition coefficient (Wildman–Crippen LogP) is 5.79. The van der Waals surface area contributed by atoms with Crippen LogP contribution in [0.1, 0.15) is 90.2 Å². The number of rotatable bonds is 25. The SMILES string of the molecule is CC(C)[C@H](NC(=O)[C@H](CC(=O)O)N1C(=O)C=CC1=O)C(=O)C[C@@H](CCCNC(N)=O)C(=O)Nc1ccc(COC(=O)N2C[C@@H](CN(C(=O)[C@H](C)O)[C@@H](c3nc(-c4cc(F)ccc4F)cn3Cc3cccc(F)c3)C(C)(C)C)[C@@H](F)C2)cc1. The summed E-state index contributed by atoms with van der Waals surface area (Å²) < 4.78 is 67.6.